The number of imide groups is 1. The second kappa shape index (κ2) is 6.43. The van der Waals surface area contributed by atoms with E-state index in [9.17, 15) is 14.4 Å². The molecule has 1 aliphatic heterocycles. The third-order valence-electron chi connectivity index (χ3n) is 3.10. The summed E-state index contributed by atoms with van der Waals surface area (Å²) in [6.45, 7) is 4.58. The maximum Gasteiger partial charge on any atom is 0.325 e. The van der Waals surface area contributed by atoms with Crippen LogP contribution in [-0.4, -0.2) is 35.3 Å². The summed E-state index contributed by atoms with van der Waals surface area (Å²) in [5.74, 6) is 0.194. The first-order valence-electron chi connectivity index (χ1n) is 6.88. The Labute approximate surface area is 122 Å². The van der Waals surface area contributed by atoms with Crippen LogP contribution in [0.2, 0.25) is 0 Å². The first-order valence-corrected chi connectivity index (χ1v) is 6.88. The fraction of sp³-hybridized carbons (Fsp3) is 0.500. The summed E-state index contributed by atoms with van der Waals surface area (Å²) in [4.78, 5) is 36.7. The molecule has 1 aliphatic rings. The Morgan fingerprint density at radius 3 is 2.86 bits per heavy atom. The van der Waals surface area contributed by atoms with E-state index in [1.807, 2.05) is 13.8 Å². The van der Waals surface area contributed by atoms with Crippen LogP contribution in [0, 0.1) is 5.92 Å². The molecule has 0 spiro atoms. The molecule has 2 rings (SSSR count). The molecule has 1 fully saturated rings. The molecule has 1 aromatic rings. The zero-order valence-electron chi connectivity index (χ0n) is 12.1. The minimum Gasteiger partial charge on any atom is -0.467 e. The van der Waals surface area contributed by atoms with Crippen molar-refractivity contribution in [2.75, 3.05) is 6.54 Å². The molecular weight excluding hydrogens is 274 g/mol. The van der Waals surface area contributed by atoms with Crippen LogP contribution in [0.1, 0.15) is 26.0 Å². The summed E-state index contributed by atoms with van der Waals surface area (Å²) in [5.41, 5.74) is 0. The predicted octanol–water partition coefficient (Wildman–Crippen LogP) is 0.862. The van der Waals surface area contributed by atoms with Gasteiger partial charge in [-0.3, -0.25) is 14.5 Å². The number of carbonyl (C=O) groups excluding carboxylic acids is 3. The van der Waals surface area contributed by atoms with E-state index < -0.39 is 18.0 Å². The Bertz CT molecular complexity index is 524. The number of urea groups is 1. The highest BCUT2D eigenvalue weighted by Crippen LogP contribution is 2.14. The molecular formula is C14H19N3O4. The van der Waals surface area contributed by atoms with E-state index in [0.717, 1.165) is 4.90 Å². The number of nitrogens with zero attached hydrogens (tertiary/aromatic N) is 1. The Hall–Kier alpha value is -2.31. The molecule has 4 amide bonds. The highest BCUT2D eigenvalue weighted by atomic mass is 16.3. The van der Waals surface area contributed by atoms with Crippen LogP contribution in [0.15, 0.2) is 22.8 Å². The maximum absolute atomic E-state index is 12.1. The van der Waals surface area contributed by atoms with Gasteiger partial charge in [-0.25, -0.2) is 4.79 Å². The van der Waals surface area contributed by atoms with E-state index in [1.165, 1.54) is 6.26 Å². The van der Waals surface area contributed by atoms with Gasteiger partial charge in [-0.1, -0.05) is 13.8 Å². The molecule has 0 radical (unpaired) electrons. The molecule has 2 N–H and O–H groups in total. The number of hydrogen-bond donors (Lipinski definition) is 2. The Morgan fingerprint density at radius 1 is 1.48 bits per heavy atom. The van der Waals surface area contributed by atoms with E-state index in [2.05, 4.69) is 10.6 Å². The molecule has 0 bridgehead atoms. The molecule has 0 aromatic carbocycles. The molecule has 114 valence electrons. The molecule has 0 saturated carbocycles. The summed E-state index contributed by atoms with van der Waals surface area (Å²) in [7, 11) is 0. The molecule has 2 heterocycles. The Kier molecular flexibility index (Phi) is 4.62. The van der Waals surface area contributed by atoms with Crippen molar-refractivity contribution in [2.24, 2.45) is 5.92 Å². The number of carbonyl (C=O) groups is 3. The second-order valence-corrected chi connectivity index (χ2v) is 5.41. The standard InChI is InChI=1S/C14H19N3O4/c1-9(2)7-15-12(18)6-11-13(19)17(14(20)16-11)8-10-4-3-5-21-10/h3-5,9,11H,6-8H2,1-2H3,(H,15,18)(H,16,20)/t11-/m1/s1. The van der Waals surface area contributed by atoms with Crippen molar-refractivity contribution < 1.29 is 18.8 Å². The topological polar surface area (TPSA) is 91.7 Å². The lowest BCUT2D eigenvalue weighted by Crippen LogP contribution is -2.37. The van der Waals surface area contributed by atoms with Gasteiger partial charge in [-0.15, -0.1) is 0 Å². The van der Waals surface area contributed by atoms with Gasteiger partial charge in [0.15, 0.2) is 0 Å². The molecule has 0 aliphatic carbocycles. The van der Waals surface area contributed by atoms with Crippen LogP contribution in [0.25, 0.3) is 0 Å². The van der Waals surface area contributed by atoms with Gasteiger partial charge in [0.2, 0.25) is 5.91 Å². The monoisotopic (exact) mass is 293 g/mol. The average molecular weight is 293 g/mol. The lowest BCUT2D eigenvalue weighted by molar-refractivity contribution is -0.131. The smallest absolute Gasteiger partial charge is 0.325 e. The Morgan fingerprint density at radius 2 is 2.24 bits per heavy atom. The normalized spacial score (nSPS) is 18.2. The van der Waals surface area contributed by atoms with Gasteiger partial charge in [-0.05, 0) is 18.1 Å². The predicted molar refractivity (Wildman–Crippen MR) is 74.0 cm³/mol. The summed E-state index contributed by atoms with van der Waals surface area (Å²) < 4.78 is 5.12. The van der Waals surface area contributed by atoms with E-state index >= 15 is 0 Å². The molecule has 1 aromatic heterocycles. The zero-order chi connectivity index (χ0) is 15.4. The number of amides is 4. The molecule has 1 saturated heterocycles. The van der Waals surface area contributed by atoms with Crippen LogP contribution >= 0.6 is 0 Å². The van der Waals surface area contributed by atoms with E-state index in [-0.39, 0.29) is 18.9 Å². The number of nitrogens with one attached hydrogen (secondary N) is 2. The number of hydrogen-bond acceptors (Lipinski definition) is 4. The maximum atomic E-state index is 12.1. The van der Waals surface area contributed by atoms with Crippen molar-refractivity contribution in [3.8, 4) is 0 Å². The third-order valence-corrected chi connectivity index (χ3v) is 3.10. The summed E-state index contributed by atoms with van der Waals surface area (Å²) >= 11 is 0. The van der Waals surface area contributed by atoms with E-state index in [4.69, 9.17) is 4.42 Å². The van der Waals surface area contributed by atoms with Gasteiger partial charge in [0.1, 0.15) is 11.8 Å². The summed E-state index contributed by atoms with van der Waals surface area (Å²) in [6, 6.07) is 2.06. The summed E-state index contributed by atoms with van der Waals surface area (Å²) in [6.07, 6.45) is 1.43. The molecule has 7 nitrogen and oxygen atoms in total. The van der Waals surface area contributed by atoms with Crippen molar-refractivity contribution in [1.29, 1.82) is 0 Å². The lowest BCUT2D eigenvalue weighted by Gasteiger charge is -2.12. The van der Waals surface area contributed by atoms with E-state index in [0.29, 0.717) is 18.2 Å². The van der Waals surface area contributed by atoms with Crippen molar-refractivity contribution in [3.05, 3.63) is 24.2 Å². The molecule has 0 unspecified atom stereocenters. The van der Waals surface area contributed by atoms with Crippen LogP contribution in [0.5, 0.6) is 0 Å². The van der Waals surface area contributed by atoms with Crippen molar-refractivity contribution in [1.82, 2.24) is 15.5 Å². The minimum atomic E-state index is -0.806. The van der Waals surface area contributed by atoms with Crippen LogP contribution < -0.4 is 10.6 Å². The van der Waals surface area contributed by atoms with Crippen LogP contribution in [0.3, 0.4) is 0 Å². The molecule has 21 heavy (non-hydrogen) atoms. The lowest BCUT2D eigenvalue weighted by atomic mass is 10.1. The van der Waals surface area contributed by atoms with E-state index in [1.54, 1.807) is 12.1 Å². The molecule has 1 atom stereocenters. The summed E-state index contributed by atoms with van der Waals surface area (Å²) in [5, 5.41) is 5.24. The highest BCUT2D eigenvalue weighted by molar-refractivity contribution is 6.05. The van der Waals surface area contributed by atoms with Gasteiger partial charge < -0.3 is 15.1 Å². The Balaban J connectivity index is 1.90. The largest absolute Gasteiger partial charge is 0.467 e. The first kappa shape index (κ1) is 15.1. The van der Waals surface area contributed by atoms with Gasteiger partial charge in [0.05, 0.1) is 19.2 Å². The second-order valence-electron chi connectivity index (χ2n) is 5.41. The SMILES string of the molecule is CC(C)CNC(=O)C[C@H]1NC(=O)N(Cc2ccco2)C1=O. The van der Waals surface area contributed by atoms with Gasteiger partial charge in [-0.2, -0.15) is 0 Å². The van der Waals surface area contributed by atoms with Gasteiger partial charge in [0.25, 0.3) is 5.91 Å². The van der Waals surface area contributed by atoms with Gasteiger partial charge >= 0.3 is 6.03 Å². The quantitative estimate of drug-likeness (QED) is 0.761. The van der Waals surface area contributed by atoms with Crippen molar-refractivity contribution in [2.45, 2.75) is 32.9 Å². The third kappa shape index (κ3) is 3.84. The number of rotatable bonds is 6. The van der Waals surface area contributed by atoms with Crippen LogP contribution in [-0.2, 0) is 16.1 Å². The van der Waals surface area contributed by atoms with Gasteiger partial charge in [0, 0.05) is 6.54 Å². The number of furan rings is 1. The average Bonchev–Trinajstić information content (AvgIpc) is 3.01. The highest BCUT2D eigenvalue weighted by Gasteiger charge is 2.39. The van der Waals surface area contributed by atoms with Crippen molar-refractivity contribution in [3.63, 3.8) is 0 Å². The fourth-order valence-electron chi connectivity index (χ4n) is 2.00. The first-order chi connectivity index (χ1) is 9.97. The fourth-order valence-corrected chi connectivity index (χ4v) is 2.00. The minimum absolute atomic E-state index is 0.0497. The molecule has 7 heteroatoms. The zero-order valence-corrected chi connectivity index (χ0v) is 12.1. The van der Waals surface area contributed by atoms with Crippen LogP contribution in [0.4, 0.5) is 4.79 Å². The van der Waals surface area contributed by atoms with Crippen molar-refractivity contribution >= 4 is 17.8 Å².